The molecule has 146 valence electrons. The third-order valence-electron chi connectivity index (χ3n) is 5.06. The first-order valence-electron chi connectivity index (χ1n) is 9.52. The first kappa shape index (κ1) is 18.7. The quantitative estimate of drug-likeness (QED) is 0.690. The normalized spacial score (nSPS) is 16.2. The zero-order valence-corrected chi connectivity index (χ0v) is 16.7. The Morgan fingerprint density at radius 1 is 1.10 bits per heavy atom. The number of hydrogen-bond donors (Lipinski definition) is 2. The Bertz CT molecular complexity index is 1110. The number of para-hydroxylation sites is 1. The van der Waals surface area contributed by atoms with Crippen LogP contribution in [0, 0.1) is 6.92 Å². The number of nitrogens with one attached hydrogen (secondary N) is 2. The monoisotopic (exact) mass is 385 g/mol. The van der Waals surface area contributed by atoms with E-state index >= 15 is 0 Å². The molecule has 29 heavy (non-hydrogen) atoms. The van der Waals surface area contributed by atoms with Crippen LogP contribution in [-0.2, 0) is 4.79 Å². The zero-order chi connectivity index (χ0) is 20.4. The minimum Gasteiger partial charge on any atom is -0.328 e. The van der Waals surface area contributed by atoms with Gasteiger partial charge in [0, 0.05) is 11.4 Å². The van der Waals surface area contributed by atoms with Crippen LogP contribution < -0.4 is 10.6 Å². The molecule has 6 heteroatoms. The Morgan fingerprint density at radius 2 is 1.83 bits per heavy atom. The van der Waals surface area contributed by atoms with E-state index in [2.05, 4.69) is 26.8 Å². The van der Waals surface area contributed by atoms with Gasteiger partial charge in [-0.25, -0.2) is 4.68 Å². The largest absolute Gasteiger partial charge is 0.328 e. The predicted molar refractivity (Wildman–Crippen MR) is 115 cm³/mol. The van der Waals surface area contributed by atoms with Crippen LogP contribution in [0.4, 0.5) is 11.6 Å². The van der Waals surface area contributed by atoms with E-state index in [0.717, 1.165) is 28.1 Å². The summed E-state index contributed by atoms with van der Waals surface area (Å²) in [6.45, 7) is 5.89. The van der Waals surface area contributed by atoms with Crippen LogP contribution in [0.25, 0.3) is 6.08 Å². The van der Waals surface area contributed by atoms with Crippen molar-refractivity contribution in [2.75, 3.05) is 10.6 Å². The minimum atomic E-state index is -0.349. The molecule has 0 saturated carbocycles. The van der Waals surface area contributed by atoms with Gasteiger partial charge in [0.2, 0.25) is 5.95 Å². The van der Waals surface area contributed by atoms with Gasteiger partial charge in [-0.3, -0.25) is 4.79 Å². The molecule has 0 aliphatic carbocycles. The molecule has 3 aromatic rings. The molecule has 0 unspecified atom stereocenters. The molecular formula is C23H23N5O. The summed E-state index contributed by atoms with van der Waals surface area (Å²) in [5.74, 6) is 0.469. The molecule has 1 atom stereocenters. The summed E-state index contributed by atoms with van der Waals surface area (Å²) in [6.07, 6.45) is 3.58. The second-order valence-corrected chi connectivity index (χ2v) is 7.16. The maximum atomic E-state index is 13.3. The smallest absolute Gasteiger partial charge is 0.255 e. The third kappa shape index (κ3) is 3.69. The molecule has 2 aromatic carbocycles. The van der Waals surface area contributed by atoms with Crippen molar-refractivity contribution in [2.24, 2.45) is 0 Å². The van der Waals surface area contributed by atoms with Gasteiger partial charge in [-0.05, 0) is 43.5 Å². The second-order valence-electron chi connectivity index (χ2n) is 7.16. The highest BCUT2D eigenvalue weighted by atomic mass is 16.1. The van der Waals surface area contributed by atoms with E-state index in [1.165, 1.54) is 6.33 Å². The van der Waals surface area contributed by atoms with Gasteiger partial charge in [0.05, 0.1) is 5.57 Å². The minimum absolute atomic E-state index is 0.156. The van der Waals surface area contributed by atoms with Gasteiger partial charge in [0.1, 0.15) is 12.4 Å². The third-order valence-corrected chi connectivity index (χ3v) is 5.06. The van der Waals surface area contributed by atoms with Gasteiger partial charge >= 0.3 is 0 Å². The van der Waals surface area contributed by atoms with Crippen LogP contribution in [0.3, 0.4) is 0 Å². The van der Waals surface area contributed by atoms with E-state index in [-0.39, 0.29) is 11.9 Å². The number of carbonyl (C=O) groups excluding carboxylic acids is 1. The number of nitrogens with zero attached hydrogens (tertiary/aromatic N) is 3. The zero-order valence-electron chi connectivity index (χ0n) is 16.7. The maximum Gasteiger partial charge on any atom is 0.255 e. The van der Waals surface area contributed by atoms with Crippen molar-refractivity contribution in [2.45, 2.75) is 26.8 Å². The lowest BCUT2D eigenvalue weighted by Gasteiger charge is -2.29. The Labute approximate surface area is 170 Å². The lowest BCUT2D eigenvalue weighted by atomic mass is 9.94. The molecule has 6 nitrogen and oxygen atoms in total. The number of carbonyl (C=O) groups is 1. The Kier molecular flexibility index (Phi) is 4.99. The van der Waals surface area contributed by atoms with Gasteiger partial charge in [-0.15, -0.1) is 0 Å². The number of anilines is 2. The van der Waals surface area contributed by atoms with Gasteiger partial charge < -0.3 is 10.6 Å². The van der Waals surface area contributed by atoms with Crippen LogP contribution in [0.2, 0.25) is 0 Å². The fraction of sp³-hybridized carbons (Fsp3) is 0.174. The van der Waals surface area contributed by atoms with Gasteiger partial charge in [0.15, 0.2) is 0 Å². The van der Waals surface area contributed by atoms with Crippen LogP contribution in [-0.4, -0.2) is 20.7 Å². The average Bonchev–Trinajstić information content (AvgIpc) is 3.17. The van der Waals surface area contributed by atoms with E-state index < -0.39 is 0 Å². The highest BCUT2D eigenvalue weighted by Crippen LogP contribution is 2.36. The highest BCUT2D eigenvalue weighted by Gasteiger charge is 2.33. The van der Waals surface area contributed by atoms with Crippen LogP contribution in [0.15, 0.2) is 77.8 Å². The maximum absolute atomic E-state index is 13.3. The van der Waals surface area contributed by atoms with Crippen LogP contribution >= 0.6 is 0 Å². The first-order chi connectivity index (χ1) is 14.0. The van der Waals surface area contributed by atoms with E-state index in [9.17, 15) is 4.79 Å². The van der Waals surface area contributed by atoms with Crippen molar-refractivity contribution in [3.8, 4) is 0 Å². The van der Waals surface area contributed by atoms with E-state index in [1.807, 2.05) is 75.4 Å². The van der Waals surface area contributed by atoms with E-state index in [4.69, 9.17) is 0 Å². The van der Waals surface area contributed by atoms with Crippen LogP contribution in [0.5, 0.6) is 0 Å². The highest BCUT2D eigenvalue weighted by molar-refractivity contribution is 6.06. The fourth-order valence-corrected chi connectivity index (χ4v) is 3.60. The molecule has 0 bridgehead atoms. The molecule has 0 fully saturated rings. The molecule has 1 aliphatic heterocycles. The molecule has 0 spiro atoms. The summed E-state index contributed by atoms with van der Waals surface area (Å²) in [6, 6.07) is 17.4. The number of allylic oxidation sites excluding steroid dienone is 2. The van der Waals surface area contributed by atoms with Gasteiger partial charge in [-0.2, -0.15) is 10.1 Å². The standard InChI is InChI=1S/C23H23N5O/c1-15-9-7-8-12-19(15)27-22(29)20-17(3)26-23-24-14-25-28(23)21(20)16(2)13-18-10-5-4-6-11-18/h4-14,21H,1-3H3,(H,27,29)(H,24,25,26)/b16-13+/t21-/m0/s1. The summed E-state index contributed by atoms with van der Waals surface area (Å²) in [5, 5.41) is 10.6. The Morgan fingerprint density at radius 3 is 2.59 bits per heavy atom. The van der Waals surface area contributed by atoms with Crippen molar-refractivity contribution >= 4 is 23.6 Å². The molecule has 1 aliphatic rings. The molecule has 1 amide bonds. The topological polar surface area (TPSA) is 71.8 Å². The lowest BCUT2D eigenvalue weighted by molar-refractivity contribution is -0.113. The molecule has 0 saturated heterocycles. The summed E-state index contributed by atoms with van der Waals surface area (Å²) in [4.78, 5) is 17.6. The molecule has 4 rings (SSSR count). The van der Waals surface area contributed by atoms with Crippen molar-refractivity contribution in [1.29, 1.82) is 0 Å². The van der Waals surface area contributed by atoms with Crippen molar-refractivity contribution in [1.82, 2.24) is 14.8 Å². The number of rotatable bonds is 4. The molecule has 2 N–H and O–H groups in total. The number of benzene rings is 2. The Hall–Kier alpha value is -3.67. The Balaban J connectivity index is 1.75. The van der Waals surface area contributed by atoms with Crippen molar-refractivity contribution in [3.05, 3.63) is 88.9 Å². The predicted octanol–water partition coefficient (Wildman–Crippen LogP) is 4.57. The van der Waals surface area contributed by atoms with Gasteiger partial charge in [-0.1, -0.05) is 54.6 Å². The summed E-state index contributed by atoms with van der Waals surface area (Å²) in [7, 11) is 0. The number of aryl methyl sites for hydroxylation is 1. The van der Waals surface area contributed by atoms with E-state index in [0.29, 0.717) is 11.5 Å². The summed E-state index contributed by atoms with van der Waals surface area (Å²) in [5.41, 5.74) is 5.27. The lowest BCUT2D eigenvalue weighted by Crippen LogP contribution is -2.31. The first-order valence-corrected chi connectivity index (χ1v) is 9.52. The van der Waals surface area contributed by atoms with Crippen LogP contribution in [0.1, 0.15) is 31.0 Å². The van der Waals surface area contributed by atoms with Crippen molar-refractivity contribution in [3.63, 3.8) is 0 Å². The van der Waals surface area contributed by atoms with E-state index in [1.54, 1.807) is 4.68 Å². The molecular weight excluding hydrogens is 362 g/mol. The fourth-order valence-electron chi connectivity index (χ4n) is 3.60. The number of hydrogen-bond acceptors (Lipinski definition) is 4. The second kappa shape index (κ2) is 7.75. The van der Waals surface area contributed by atoms with Gasteiger partial charge in [0.25, 0.3) is 5.91 Å². The summed E-state index contributed by atoms with van der Waals surface area (Å²) < 4.78 is 1.76. The SMILES string of the molecule is CC1=C(C(=O)Nc2ccccc2C)[C@H](/C(C)=C/c2ccccc2)n2ncnc2N1. The molecule has 0 radical (unpaired) electrons. The molecule has 2 heterocycles. The molecule has 1 aromatic heterocycles. The number of aromatic nitrogens is 3. The summed E-state index contributed by atoms with van der Waals surface area (Å²) >= 11 is 0. The number of amides is 1. The average molecular weight is 385 g/mol. The van der Waals surface area contributed by atoms with Crippen molar-refractivity contribution < 1.29 is 4.79 Å². The number of fused-ring (bicyclic) bond motifs is 1.